The Kier molecular flexibility index (Phi) is 6.09. The van der Waals surface area contributed by atoms with Crippen LogP contribution in [-0.2, 0) is 22.7 Å². The summed E-state index contributed by atoms with van der Waals surface area (Å²) in [5, 5.41) is 7.38. The summed E-state index contributed by atoms with van der Waals surface area (Å²) in [6.07, 6.45) is 1.60. The van der Waals surface area contributed by atoms with Crippen molar-refractivity contribution in [3.63, 3.8) is 0 Å². The molecule has 32 heavy (non-hydrogen) atoms. The third kappa shape index (κ3) is 4.57. The van der Waals surface area contributed by atoms with Gasteiger partial charge in [0.15, 0.2) is 5.69 Å². The lowest BCUT2D eigenvalue weighted by Gasteiger charge is -2.22. The third-order valence-electron chi connectivity index (χ3n) is 5.31. The van der Waals surface area contributed by atoms with Gasteiger partial charge in [0.25, 0.3) is 5.91 Å². The van der Waals surface area contributed by atoms with Gasteiger partial charge in [0.2, 0.25) is 11.8 Å². The first-order chi connectivity index (χ1) is 15.3. The molecule has 1 aromatic heterocycles. The lowest BCUT2D eigenvalue weighted by Crippen LogP contribution is -2.43. The molecule has 1 saturated carbocycles. The Hall–Kier alpha value is -3.46. The van der Waals surface area contributed by atoms with E-state index in [-0.39, 0.29) is 47.9 Å². The fraction of sp³-hybridized carbons (Fsp3) is 0.273. The maximum atomic E-state index is 14.0. The zero-order valence-corrected chi connectivity index (χ0v) is 17.8. The smallest absolute Gasteiger partial charge is 0.269 e. The minimum absolute atomic E-state index is 0.0201. The monoisotopic (exact) mass is 457 g/mol. The number of nitrogens with two attached hydrogens (primary N) is 1. The van der Waals surface area contributed by atoms with Gasteiger partial charge in [-0.15, -0.1) is 0 Å². The zero-order valence-electron chi connectivity index (χ0n) is 17.1. The highest BCUT2D eigenvalue weighted by Crippen LogP contribution is 2.27. The van der Waals surface area contributed by atoms with Gasteiger partial charge in [-0.1, -0.05) is 41.9 Å². The summed E-state index contributed by atoms with van der Waals surface area (Å²) in [6, 6.07) is 11.5. The number of amides is 3. The Bertz CT molecular complexity index is 1210. The zero-order chi connectivity index (χ0) is 22.8. The van der Waals surface area contributed by atoms with Crippen LogP contribution in [0.5, 0.6) is 0 Å². The van der Waals surface area contributed by atoms with E-state index in [1.807, 2.05) is 0 Å². The molecule has 0 saturated heterocycles. The summed E-state index contributed by atoms with van der Waals surface area (Å²) in [6.45, 7) is -0.336. The highest BCUT2D eigenvalue weighted by molar-refractivity contribution is 6.30. The number of nitrogens with zero attached hydrogens (tertiary/aromatic N) is 3. The van der Waals surface area contributed by atoms with Gasteiger partial charge in [0, 0.05) is 23.5 Å². The number of halogens is 2. The average molecular weight is 458 g/mol. The summed E-state index contributed by atoms with van der Waals surface area (Å²) in [5.74, 6) is -1.98. The molecule has 0 aliphatic heterocycles. The third-order valence-corrected chi connectivity index (χ3v) is 5.60. The maximum absolute atomic E-state index is 14.0. The van der Waals surface area contributed by atoms with Crippen molar-refractivity contribution >= 4 is 40.2 Å². The van der Waals surface area contributed by atoms with Gasteiger partial charge >= 0.3 is 0 Å². The SMILES string of the molecule is NC(=O)c1nn(CC(=O)N(CC(=O)NCc2cccc(Cl)c2F)C2CC2)c2ccccc12. The van der Waals surface area contributed by atoms with E-state index in [0.29, 0.717) is 10.9 Å². The van der Waals surface area contributed by atoms with Crippen LogP contribution < -0.4 is 11.1 Å². The molecule has 1 aliphatic carbocycles. The lowest BCUT2D eigenvalue weighted by molar-refractivity contribution is -0.137. The first-order valence-electron chi connectivity index (χ1n) is 10.1. The van der Waals surface area contributed by atoms with Crippen molar-refractivity contribution in [2.45, 2.75) is 32.0 Å². The number of nitrogens with one attached hydrogen (secondary N) is 1. The molecule has 3 aromatic rings. The lowest BCUT2D eigenvalue weighted by atomic mass is 10.2. The van der Waals surface area contributed by atoms with Crippen molar-refractivity contribution in [2.24, 2.45) is 5.73 Å². The summed E-state index contributed by atoms with van der Waals surface area (Å²) < 4.78 is 15.4. The minimum Gasteiger partial charge on any atom is -0.364 e. The molecular formula is C22H21ClFN5O3. The Morgan fingerprint density at radius 3 is 2.66 bits per heavy atom. The van der Waals surface area contributed by atoms with Crippen molar-refractivity contribution in [3.8, 4) is 0 Å². The first-order valence-corrected chi connectivity index (χ1v) is 10.5. The number of carbonyl (C=O) groups is 3. The predicted octanol–water partition coefficient (Wildman–Crippen LogP) is 2.24. The molecular weight excluding hydrogens is 437 g/mol. The van der Waals surface area contributed by atoms with Gasteiger partial charge in [-0.3, -0.25) is 19.1 Å². The average Bonchev–Trinajstić information content (AvgIpc) is 3.54. The van der Waals surface area contributed by atoms with Crippen molar-refractivity contribution in [1.82, 2.24) is 20.0 Å². The largest absolute Gasteiger partial charge is 0.364 e. The van der Waals surface area contributed by atoms with Gasteiger partial charge in [0.05, 0.1) is 17.1 Å². The van der Waals surface area contributed by atoms with Crippen molar-refractivity contribution in [3.05, 3.63) is 64.6 Å². The Morgan fingerprint density at radius 1 is 1.19 bits per heavy atom. The highest BCUT2D eigenvalue weighted by Gasteiger charge is 2.34. The number of hydrogen-bond donors (Lipinski definition) is 2. The molecule has 0 radical (unpaired) electrons. The second kappa shape index (κ2) is 8.96. The molecule has 0 bridgehead atoms. The number of aromatic nitrogens is 2. The van der Waals surface area contributed by atoms with E-state index in [1.54, 1.807) is 30.3 Å². The Labute approximate surface area is 188 Å². The number of fused-ring (bicyclic) bond motifs is 1. The Morgan fingerprint density at radius 2 is 1.94 bits per heavy atom. The summed E-state index contributed by atoms with van der Waals surface area (Å²) in [4.78, 5) is 38.7. The molecule has 0 unspecified atom stereocenters. The van der Waals surface area contributed by atoms with Crippen LogP contribution >= 0.6 is 11.6 Å². The van der Waals surface area contributed by atoms with Gasteiger partial charge in [-0.2, -0.15) is 5.10 Å². The number of benzene rings is 2. The molecule has 8 nitrogen and oxygen atoms in total. The minimum atomic E-state index is -0.681. The molecule has 0 atom stereocenters. The van der Waals surface area contributed by atoms with E-state index >= 15 is 0 Å². The molecule has 166 valence electrons. The van der Waals surface area contributed by atoms with Crippen LogP contribution in [0.1, 0.15) is 28.9 Å². The van der Waals surface area contributed by atoms with E-state index in [2.05, 4.69) is 10.4 Å². The van der Waals surface area contributed by atoms with Gasteiger partial charge in [-0.05, 0) is 25.0 Å². The second-order valence-electron chi connectivity index (χ2n) is 7.63. The number of rotatable bonds is 8. The van der Waals surface area contributed by atoms with Crippen molar-refractivity contribution in [1.29, 1.82) is 0 Å². The molecule has 1 fully saturated rings. The molecule has 1 aliphatic rings. The van der Waals surface area contributed by atoms with E-state index in [1.165, 1.54) is 21.7 Å². The van der Waals surface area contributed by atoms with Crippen LogP contribution in [0.25, 0.3) is 10.9 Å². The van der Waals surface area contributed by atoms with Crippen molar-refractivity contribution < 1.29 is 18.8 Å². The second-order valence-corrected chi connectivity index (χ2v) is 8.04. The van der Waals surface area contributed by atoms with Gasteiger partial charge < -0.3 is 16.0 Å². The van der Waals surface area contributed by atoms with E-state index < -0.39 is 17.6 Å². The molecule has 3 N–H and O–H groups in total. The van der Waals surface area contributed by atoms with Gasteiger partial charge in [-0.25, -0.2) is 4.39 Å². The van der Waals surface area contributed by atoms with E-state index in [4.69, 9.17) is 17.3 Å². The standard InChI is InChI=1S/C22H21ClFN5O3/c23-16-6-3-4-13(20(16)24)10-26-18(30)11-28(14-8-9-14)19(31)12-29-17-7-2-1-5-15(17)21(27-29)22(25)32/h1-7,14H,8-12H2,(H2,25,32)(H,26,30). The van der Waals surface area contributed by atoms with Crippen molar-refractivity contribution in [2.75, 3.05) is 6.54 Å². The molecule has 3 amide bonds. The molecule has 2 aromatic carbocycles. The summed E-state index contributed by atoms with van der Waals surface area (Å²) in [5.41, 5.74) is 6.37. The molecule has 4 rings (SSSR count). The first kappa shape index (κ1) is 21.8. The van der Waals surface area contributed by atoms with Crippen LogP contribution in [0.2, 0.25) is 5.02 Å². The van der Waals surface area contributed by atoms with E-state index in [0.717, 1.165) is 12.8 Å². The Balaban J connectivity index is 1.45. The number of para-hydroxylation sites is 1. The van der Waals surface area contributed by atoms with Crippen LogP contribution in [-0.4, -0.2) is 45.0 Å². The van der Waals surface area contributed by atoms with Crippen LogP contribution in [0.15, 0.2) is 42.5 Å². The normalized spacial score (nSPS) is 13.2. The highest BCUT2D eigenvalue weighted by atomic mass is 35.5. The maximum Gasteiger partial charge on any atom is 0.269 e. The number of primary amides is 1. The van der Waals surface area contributed by atoms with Crippen LogP contribution in [0.3, 0.4) is 0 Å². The van der Waals surface area contributed by atoms with Crippen LogP contribution in [0.4, 0.5) is 4.39 Å². The fourth-order valence-corrected chi connectivity index (χ4v) is 3.74. The number of hydrogen-bond acceptors (Lipinski definition) is 4. The quantitative estimate of drug-likeness (QED) is 0.540. The topological polar surface area (TPSA) is 110 Å². The number of carbonyl (C=O) groups excluding carboxylic acids is 3. The van der Waals surface area contributed by atoms with Gasteiger partial charge in [0.1, 0.15) is 12.4 Å². The van der Waals surface area contributed by atoms with Crippen LogP contribution in [0, 0.1) is 5.82 Å². The molecule has 1 heterocycles. The van der Waals surface area contributed by atoms with E-state index in [9.17, 15) is 18.8 Å². The molecule has 10 heteroatoms. The predicted molar refractivity (Wildman–Crippen MR) is 116 cm³/mol. The fourth-order valence-electron chi connectivity index (χ4n) is 3.55. The summed E-state index contributed by atoms with van der Waals surface area (Å²) >= 11 is 5.77. The summed E-state index contributed by atoms with van der Waals surface area (Å²) in [7, 11) is 0. The molecule has 0 spiro atoms.